The maximum Gasteiger partial charge on any atom is 0.387 e. The van der Waals surface area contributed by atoms with Crippen LogP contribution in [-0.4, -0.2) is 19.6 Å². The van der Waals surface area contributed by atoms with Gasteiger partial charge in [-0.2, -0.15) is 8.78 Å². The quantitative estimate of drug-likeness (QED) is 0.527. The molecular weight excluding hydrogens is 408 g/mol. The molecular formula is C20H16ClF2NO5. The largest absolute Gasteiger partial charge is 0.497 e. The Morgan fingerprint density at radius 2 is 1.83 bits per heavy atom. The van der Waals surface area contributed by atoms with E-state index in [1.807, 2.05) is 0 Å². The summed E-state index contributed by atoms with van der Waals surface area (Å²) in [7, 11) is 1.57. The van der Waals surface area contributed by atoms with Crippen molar-refractivity contribution in [2.24, 2.45) is 0 Å². The summed E-state index contributed by atoms with van der Waals surface area (Å²) in [5.74, 6) is 1.12. The van der Waals surface area contributed by atoms with Crippen LogP contribution in [0.25, 0.3) is 0 Å². The Hall–Kier alpha value is -3.26. The summed E-state index contributed by atoms with van der Waals surface area (Å²) in [6.07, 6.45) is 0. The lowest BCUT2D eigenvalue weighted by molar-refractivity contribution is -0.0497. The van der Waals surface area contributed by atoms with Crippen molar-refractivity contribution in [1.82, 2.24) is 0 Å². The Morgan fingerprint density at radius 3 is 2.48 bits per heavy atom. The minimum atomic E-state index is -2.99. The van der Waals surface area contributed by atoms with E-state index in [0.29, 0.717) is 22.9 Å². The molecule has 0 spiro atoms. The Kier molecular flexibility index (Phi) is 6.56. The van der Waals surface area contributed by atoms with Crippen molar-refractivity contribution in [3.63, 3.8) is 0 Å². The molecule has 1 N–H and O–H groups in total. The lowest BCUT2D eigenvalue weighted by Crippen LogP contribution is -2.11. The highest BCUT2D eigenvalue weighted by Crippen LogP contribution is 2.29. The molecule has 0 saturated heterocycles. The molecule has 29 heavy (non-hydrogen) atoms. The van der Waals surface area contributed by atoms with E-state index in [4.69, 9.17) is 25.5 Å². The van der Waals surface area contributed by atoms with Gasteiger partial charge in [0, 0.05) is 5.69 Å². The monoisotopic (exact) mass is 423 g/mol. The fourth-order valence-electron chi connectivity index (χ4n) is 2.37. The molecule has 152 valence electrons. The fraction of sp³-hybridized carbons (Fsp3) is 0.150. The molecule has 9 heteroatoms. The van der Waals surface area contributed by atoms with Crippen molar-refractivity contribution < 1.29 is 32.2 Å². The SMILES string of the molecule is COc1ccc(OCc2ccc(C(=O)Nc3ccc(OC(F)F)c(Cl)c3)o2)cc1. The molecule has 1 aromatic heterocycles. The van der Waals surface area contributed by atoms with Gasteiger partial charge in [0.2, 0.25) is 0 Å². The van der Waals surface area contributed by atoms with Gasteiger partial charge in [-0.15, -0.1) is 0 Å². The number of carbonyl (C=O) groups excluding carboxylic acids is 1. The van der Waals surface area contributed by atoms with E-state index in [1.54, 1.807) is 37.4 Å². The second kappa shape index (κ2) is 9.29. The number of nitrogens with one attached hydrogen (secondary N) is 1. The number of furan rings is 1. The van der Waals surface area contributed by atoms with Gasteiger partial charge in [0.1, 0.15) is 29.6 Å². The fourth-order valence-corrected chi connectivity index (χ4v) is 2.59. The van der Waals surface area contributed by atoms with Crippen LogP contribution < -0.4 is 19.5 Å². The smallest absolute Gasteiger partial charge is 0.387 e. The van der Waals surface area contributed by atoms with Crippen LogP contribution in [0.1, 0.15) is 16.3 Å². The minimum absolute atomic E-state index is 0.0577. The third-order valence-corrected chi connectivity index (χ3v) is 4.03. The van der Waals surface area contributed by atoms with E-state index < -0.39 is 12.5 Å². The number of alkyl halides is 2. The van der Waals surface area contributed by atoms with E-state index in [9.17, 15) is 13.6 Å². The molecule has 0 atom stereocenters. The van der Waals surface area contributed by atoms with Gasteiger partial charge in [0.25, 0.3) is 5.91 Å². The van der Waals surface area contributed by atoms with Gasteiger partial charge in [-0.3, -0.25) is 4.79 Å². The zero-order valence-corrected chi connectivity index (χ0v) is 15.9. The molecule has 0 bridgehead atoms. The second-order valence-corrected chi connectivity index (χ2v) is 6.12. The van der Waals surface area contributed by atoms with E-state index in [2.05, 4.69) is 10.1 Å². The van der Waals surface area contributed by atoms with Crippen molar-refractivity contribution in [2.75, 3.05) is 12.4 Å². The first-order valence-electron chi connectivity index (χ1n) is 8.36. The van der Waals surface area contributed by atoms with Crippen LogP contribution in [0.15, 0.2) is 59.0 Å². The van der Waals surface area contributed by atoms with Gasteiger partial charge >= 0.3 is 6.61 Å². The minimum Gasteiger partial charge on any atom is -0.497 e. The maximum atomic E-state index is 12.3. The van der Waals surface area contributed by atoms with Gasteiger partial charge in [-0.1, -0.05) is 11.6 Å². The highest BCUT2D eigenvalue weighted by molar-refractivity contribution is 6.32. The predicted octanol–water partition coefficient (Wildman–Crippen LogP) is 5.37. The van der Waals surface area contributed by atoms with Crippen LogP contribution in [0, 0.1) is 0 Å². The first-order chi connectivity index (χ1) is 13.9. The van der Waals surface area contributed by atoms with Crippen LogP contribution in [-0.2, 0) is 6.61 Å². The molecule has 0 radical (unpaired) electrons. The molecule has 0 aliphatic carbocycles. The summed E-state index contributed by atoms with van der Waals surface area (Å²) in [5.41, 5.74) is 0.300. The summed E-state index contributed by atoms with van der Waals surface area (Å²) < 4.78 is 44.9. The molecule has 0 unspecified atom stereocenters. The van der Waals surface area contributed by atoms with E-state index in [1.165, 1.54) is 24.3 Å². The van der Waals surface area contributed by atoms with Gasteiger partial charge in [0.05, 0.1) is 12.1 Å². The Morgan fingerprint density at radius 1 is 1.10 bits per heavy atom. The number of carbonyl (C=O) groups is 1. The Labute approximate surface area is 169 Å². The average molecular weight is 424 g/mol. The van der Waals surface area contributed by atoms with Crippen molar-refractivity contribution >= 4 is 23.2 Å². The summed E-state index contributed by atoms with van der Waals surface area (Å²) >= 11 is 5.87. The number of ether oxygens (including phenoxy) is 3. The van der Waals surface area contributed by atoms with Crippen LogP contribution in [0.5, 0.6) is 17.2 Å². The molecule has 0 saturated carbocycles. The predicted molar refractivity (Wildman–Crippen MR) is 102 cm³/mol. The number of amides is 1. The summed E-state index contributed by atoms with van der Waals surface area (Å²) in [6.45, 7) is -2.86. The molecule has 3 aromatic rings. The van der Waals surface area contributed by atoms with Gasteiger partial charge in [0.15, 0.2) is 5.76 Å². The molecule has 3 rings (SSSR count). The van der Waals surface area contributed by atoms with Crippen molar-refractivity contribution in [3.05, 3.63) is 71.1 Å². The average Bonchev–Trinajstić information content (AvgIpc) is 3.18. The highest BCUT2D eigenvalue weighted by Gasteiger charge is 2.14. The van der Waals surface area contributed by atoms with E-state index in [0.717, 1.165) is 0 Å². The number of methoxy groups -OCH3 is 1. The van der Waals surface area contributed by atoms with Crippen molar-refractivity contribution in [2.45, 2.75) is 13.2 Å². The lowest BCUT2D eigenvalue weighted by Gasteiger charge is -2.09. The molecule has 2 aromatic carbocycles. The third-order valence-electron chi connectivity index (χ3n) is 3.73. The number of halogens is 3. The highest BCUT2D eigenvalue weighted by atomic mass is 35.5. The molecule has 6 nitrogen and oxygen atoms in total. The van der Waals surface area contributed by atoms with Crippen LogP contribution in [0.3, 0.4) is 0 Å². The van der Waals surface area contributed by atoms with E-state index in [-0.39, 0.29) is 23.1 Å². The topological polar surface area (TPSA) is 69.9 Å². The zero-order chi connectivity index (χ0) is 20.8. The maximum absolute atomic E-state index is 12.3. The molecule has 0 aliphatic rings. The van der Waals surface area contributed by atoms with Gasteiger partial charge in [-0.05, 0) is 54.6 Å². The van der Waals surface area contributed by atoms with Gasteiger partial charge in [-0.25, -0.2) is 0 Å². The first-order valence-corrected chi connectivity index (χ1v) is 8.73. The Balaban J connectivity index is 1.58. The summed E-state index contributed by atoms with van der Waals surface area (Å²) in [4.78, 5) is 12.3. The van der Waals surface area contributed by atoms with Crippen molar-refractivity contribution in [3.8, 4) is 17.2 Å². The first kappa shape index (κ1) is 20.5. The summed E-state index contributed by atoms with van der Waals surface area (Å²) in [5, 5.41) is 2.51. The Bertz CT molecular complexity index is 975. The van der Waals surface area contributed by atoms with Crippen LogP contribution in [0.4, 0.5) is 14.5 Å². The van der Waals surface area contributed by atoms with Crippen LogP contribution in [0.2, 0.25) is 5.02 Å². The normalized spacial score (nSPS) is 10.7. The number of rotatable bonds is 8. The number of hydrogen-bond donors (Lipinski definition) is 1. The third kappa shape index (κ3) is 5.61. The van der Waals surface area contributed by atoms with E-state index >= 15 is 0 Å². The number of anilines is 1. The summed E-state index contributed by atoms with van der Waals surface area (Å²) in [6, 6.07) is 14.1. The zero-order valence-electron chi connectivity index (χ0n) is 15.2. The second-order valence-electron chi connectivity index (χ2n) is 5.71. The molecule has 1 amide bonds. The molecule has 0 fully saturated rings. The molecule has 1 heterocycles. The number of hydrogen-bond acceptors (Lipinski definition) is 5. The number of benzene rings is 2. The van der Waals surface area contributed by atoms with Gasteiger partial charge < -0.3 is 23.9 Å². The molecule has 0 aliphatic heterocycles. The van der Waals surface area contributed by atoms with Crippen molar-refractivity contribution in [1.29, 1.82) is 0 Å². The lowest BCUT2D eigenvalue weighted by atomic mass is 10.3. The standard InChI is InChI=1S/C20H16ClF2NO5/c1-26-13-3-5-14(6-4-13)27-11-15-7-9-18(28-15)19(25)24-12-2-8-17(16(21)10-12)29-20(22)23/h2-10,20H,11H2,1H3,(H,24,25). The van der Waals surface area contributed by atoms with Crippen LogP contribution >= 0.6 is 11.6 Å².